The summed E-state index contributed by atoms with van der Waals surface area (Å²) in [6, 6.07) is 15.0. The Morgan fingerprint density at radius 2 is 1.79 bits per heavy atom. The second-order valence-corrected chi connectivity index (χ2v) is 9.87. The number of rotatable bonds is 8. The molecule has 4 aromatic rings. The lowest BCUT2D eigenvalue weighted by Gasteiger charge is -2.13. The number of ether oxygens (including phenoxy) is 1. The largest absolute Gasteiger partial charge is 0.494 e. The molecule has 1 N–H and O–H groups in total. The van der Waals surface area contributed by atoms with Crippen LogP contribution in [-0.4, -0.2) is 27.8 Å². The van der Waals surface area contributed by atoms with Crippen LogP contribution in [0.25, 0.3) is 15.9 Å². The van der Waals surface area contributed by atoms with Crippen LogP contribution in [0.4, 0.5) is 5.69 Å². The quantitative estimate of drug-likeness (QED) is 0.250. The summed E-state index contributed by atoms with van der Waals surface area (Å²) in [6.07, 6.45) is 0.851. The van der Waals surface area contributed by atoms with Gasteiger partial charge < -0.3 is 10.1 Å². The molecule has 2 aromatic heterocycles. The minimum absolute atomic E-state index is 0.100. The van der Waals surface area contributed by atoms with Crippen LogP contribution in [0.5, 0.6) is 5.75 Å². The topological polar surface area (TPSA) is 73.2 Å². The van der Waals surface area contributed by atoms with Gasteiger partial charge in [-0.3, -0.25) is 14.2 Å². The number of aromatic nitrogens is 2. The molecule has 2 aromatic carbocycles. The van der Waals surface area contributed by atoms with Crippen LogP contribution in [0.2, 0.25) is 0 Å². The predicted octanol–water partition coefficient (Wildman–Crippen LogP) is 5.76. The summed E-state index contributed by atoms with van der Waals surface area (Å²) in [5, 5.41) is 4.06. The lowest BCUT2D eigenvalue weighted by molar-refractivity contribution is -0.113. The predicted molar refractivity (Wildman–Crippen MR) is 141 cm³/mol. The highest BCUT2D eigenvalue weighted by Crippen LogP contribution is 2.30. The maximum Gasteiger partial charge on any atom is 0.267 e. The third-order valence-corrected chi connectivity index (χ3v) is 7.70. The smallest absolute Gasteiger partial charge is 0.267 e. The van der Waals surface area contributed by atoms with Gasteiger partial charge in [0.05, 0.1) is 23.4 Å². The Morgan fingerprint density at radius 3 is 2.44 bits per heavy atom. The van der Waals surface area contributed by atoms with Crippen LogP contribution < -0.4 is 15.6 Å². The monoisotopic (exact) mass is 493 g/mol. The first-order chi connectivity index (χ1) is 16.4. The number of carbonyl (C=O) groups excluding carboxylic acids is 1. The standard InChI is InChI=1S/C26H27N3O3S2/c1-5-21-17(4)23-24(34-21)28-26(29(25(23)31)19-11-7-16(3)8-12-19)33-15-22(30)27-18-9-13-20(14-10-18)32-6-2/h7-14H,5-6,15H2,1-4H3,(H,27,30). The molecule has 0 atom stereocenters. The minimum Gasteiger partial charge on any atom is -0.494 e. The zero-order chi connectivity index (χ0) is 24.2. The van der Waals surface area contributed by atoms with Crippen molar-refractivity contribution in [3.05, 3.63) is 74.9 Å². The van der Waals surface area contributed by atoms with Crippen LogP contribution in [0, 0.1) is 13.8 Å². The SMILES string of the molecule is CCOc1ccc(NC(=O)CSc2nc3sc(CC)c(C)c3c(=O)n2-c2ccc(C)cc2)cc1. The Labute approximate surface area is 207 Å². The molecule has 0 unspecified atom stereocenters. The number of nitrogens with one attached hydrogen (secondary N) is 1. The van der Waals surface area contributed by atoms with Crippen molar-refractivity contribution in [1.82, 2.24) is 9.55 Å². The minimum atomic E-state index is -0.171. The maximum atomic E-state index is 13.6. The van der Waals surface area contributed by atoms with Gasteiger partial charge in [-0.1, -0.05) is 36.4 Å². The number of nitrogens with zero attached hydrogens (tertiary/aromatic N) is 2. The first-order valence-electron chi connectivity index (χ1n) is 11.2. The first-order valence-corrected chi connectivity index (χ1v) is 13.0. The van der Waals surface area contributed by atoms with Gasteiger partial charge in [0.15, 0.2) is 5.16 Å². The summed E-state index contributed by atoms with van der Waals surface area (Å²) >= 11 is 2.81. The van der Waals surface area contributed by atoms with E-state index in [1.165, 1.54) is 11.8 Å². The highest BCUT2D eigenvalue weighted by Gasteiger charge is 2.19. The number of aryl methyl sites for hydroxylation is 3. The number of carbonyl (C=O) groups is 1. The molecular formula is C26H27N3O3S2. The van der Waals surface area contributed by atoms with E-state index in [-0.39, 0.29) is 17.2 Å². The Balaban J connectivity index is 1.64. The van der Waals surface area contributed by atoms with Crippen molar-refractivity contribution in [2.75, 3.05) is 17.7 Å². The number of hydrogen-bond donors (Lipinski definition) is 1. The summed E-state index contributed by atoms with van der Waals surface area (Å²) in [5.41, 5.74) is 3.43. The third-order valence-electron chi connectivity index (χ3n) is 5.43. The molecule has 0 aliphatic rings. The molecule has 8 heteroatoms. The van der Waals surface area contributed by atoms with E-state index in [9.17, 15) is 9.59 Å². The van der Waals surface area contributed by atoms with Crippen molar-refractivity contribution in [2.24, 2.45) is 0 Å². The van der Waals surface area contributed by atoms with E-state index in [0.29, 0.717) is 22.8 Å². The number of fused-ring (bicyclic) bond motifs is 1. The highest BCUT2D eigenvalue weighted by molar-refractivity contribution is 7.99. The van der Waals surface area contributed by atoms with Crippen molar-refractivity contribution < 1.29 is 9.53 Å². The van der Waals surface area contributed by atoms with Gasteiger partial charge in [0.1, 0.15) is 10.6 Å². The summed E-state index contributed by atoms with van der Waals surface area (Å²) in [6.45, 7) is 8.58. The number of amides is 1. The lowest BCUT2D eigenvalue weighted by Crippen LogP contribution is -2.22. The molecule has 0 spiro atoms. The van der Waals surface area contributed by atoms with Crippen molar-refractivity contribution in [2.45, 2.75) is 39.3 Å². The van der Waals surface area contributed by atoms with Crippen molar-refractivity contribution in [3.63, 3.8) is 0 Å². The van der Waals surface area contributed by atoms with E-state index in [1.54, 1.807) is 28.0 Å². The third kappa shape index (κ3) is 5.03. The molecule has 0 saturated heterocycles. The van der Waals surface area contributed by atoms with E-state index >= 15 is 0 Å². The van der Waals surface area contributed by atoms with Gasteiger partial charge in [-0.25, -0.2) is 4.98 Å². The molecule has 176 valence electrons. The van der Waals surface area contributed by atoms with Crippen molar-refractivity contribution >= 4 is 44.9 Å². The Morgan fingerprint density at radius 1 is 1.09 bits per heavy atom. The number of hydrogen-bond acceptors (Lipinski definition) is 6. The van der Waals surface area contributed by atoms with Gasteiger partial charge >= 0.3 is 0 Å². The molecule has 0 aliphatic heterocycles. The zero-order valence-corrected chi connectivity index (χ0v) is 21.3. The summed E-state index contributed by atoms with van der Waals surface area (Å²) in [7, 11) is 0. The molecule has 1 amide bonds. The van der Waals surface area contributed by atoms with E-state index in [0.717, 1.165) is 38.7 Å². The molecule has 4 rings (SSSR count). The van der Waals surface area contributed by atoms with Crippen LogP contribution in [-0.2, 0) is 11.2 Å². The van der Waals surface area contributed by atoms with E-state index < -0.39 is 0 Å². The van der Waals surface area contributed by atoms with Crippen LogP contribution in [0.1, 0.15) is 29.9 Å². The molecule has 34 heavy (non-hydrogen) atoms. The summed E-state index contributed by atoms with van der Waals surface area (Å²) < 4.78 is 7.06. The normalized spacial score (nSPS) is 11.1. The van der Waals surface area contributed by atoms with Gasteiger partial charge in [0.2, 0.25) is 5.91 Å². The van der Waals surface area contributed by atoms with Gasteiger partial charge in [-0.2, -0.15) is 0 Å². The molecule has 6 nitrogen and oxygen atoms in total. The van der Waals surface area contributed by atoms with Crippen LogP contribution >= 0.6 is 23.1 Å². The van der Waals surface area contributed by atoms with E-state index in [4.69, 9.17) is 9.72 Å². The Bertz CT molecular complexity index is 1370. The fourth-order valence-electron chi connectivity index (χ4n) is 3.69. The van der Waals surface area contributed by atoms with Crippen LogP contribution in [0.15, 0.2) is 58.5 Å². The van der Waals surface area contributed by atoms with Gasteiger partial charge in [0, 0.05) is 10.6 Å². The maximum absolute atomic E-state index is 13.6. The lowest BCUT2D eigenvalue weighted by atomic mass is 10.2. The second-order valence-electron chi connectivity index (χ2n) is 7.85. The van der Waals surface area contributed by atoms with E-state index in [2.05, 4.69) is 12.2 Å². The molecule has 0 saturated carbocycles. The highest BCUT2D eigenvalue weighted by atomic mass is 32.2. The molecule has 2 heterocycles. The Kier molecular flexibility index (Phi) is 7.38. The average Bonchev–Trinajstić information content (AvgIpc) is 3.15. The fraction of sp³-hybridized carbons (Fsp3) is 0.269. The van der Waals surface area contributed by atoms with Gasteiger partial charge in [-0.15, -0.1) is 11.3 Å². The van der Waals surface area contributed by atoms with E-state index in [1.807, 2.05) is 57.2 Å². The molecule has 0 radical (unpaired) electrons. The number of benzene rings is 2. The van der Waals surface area contributed by atoms with Crippen molar-refractivity contribution in [3.8, 4) is 11.4 Å². The summed E-state index contributed by atoms with van der Waals surface area (Å²) in [4.78, 5) is 33.0. The number of thiophene rings is 1. The van der Waals surface area contributed by atoms with Gasteiger partial charge in [-0.05, 0) is 69.2 Å². The Hall–Kier alpha value is -3.10. The number of anilines is 1. The number of thioether (sulfide) groups is 1. The summed E-state index contributed by atoms with van der Waals surface area (Å²) in [5.74, 6) is 0.713. The first kappa shape index (κ1) is 24.0. The van der Waals surface area contributed by atoms with Gasteiger partial charge in [0.25, 0.3) is 5.56 Å². The second kappa shape index (κ2) is 10.4. The average molecular weight is 494 g/mol. The zero-order valence-electron chi connectivity index (χ0n) is 19.7. The molecular weight excluding hydrogens is 466 g/mol. The fourth-order valence-corrected chi connectivity index (χ4v) is 5.67. The van der Waals surface area contributed by atoms with Crippen molar-refractivity contribution in [1.29, 1.82) is 0 Å². The molecule has 0 bridgehead atoms. The molecule has 0 fully saturated rings. The van der Waals surface area contributed by atoms with Crippen LogP contribution in [0.3, 0.4) is 0 Å². The molecule has 0 aliphatic carbocycles.